The van der Waals surface area contributed by atoms with Gasteiger partial charge in [-0.3, -0.25) is 9.59 Å². The first kappa shape index (κ1) is 21.2. The van der Waals surface area contributed by atoms with E-state index in [0.29, 0.717) is 19.4 Å². The topological polar surface area (TPSA) is 69.6 Å². The van der Waals surface area contributed by atoms with Crippen molar-refractivity contribution in [1.82, 2.24) is 10.2 Å². The summed E-state index contributed by atoms with van der Waals surface area (Å²) in [6.45, 7) is 4.15. The zero-order valence-electron chi connectivity index (χ0n) is 15.4. The molecule has 2 amide bonds. The van der Waals surface area contributed by atoms with Crippen LogP contribution in [-0.2, 0) is 15.8 Å². The minimum atomic E-state index is -4.58. The Hall–Kier alpha value is -2.09. The van der Waals surface area contributed by atoms with Crippen LogP contribution in [0.15, 0.2) is 24.3 Å². The number of aliphatic hydroxyl groups excluding tert-OH is 1. The standard InChI is InChI=1S/C19H25F3N2O3/c1-12(2)18(27)24-9-5-6-13(11-24)17(26)23-10-16(25)14-7-3-4-8-15(14)19(20,21)22/h3-4,7-8,12-13,16,25H,5-6,9-11H2,1-2H3,(H,23,26). The smallest absolute Gasteiger partial charge is 0.387 e. The van der Waals surface area contributed by atoms with Crippen LogP contribution in [0.1, 0.15) is 43.9 Å². The fourth-order valence-electron chi connectivity index (χ4n) is 3.25. The molecule has 0 aromatic heterocycles. The van der Waals surface area contributed by atoms with Gasteiger partial charge in [0.1, 0.15) is 0 Å². The second-order valence-electron chi connectivity index (χ2n) is 7.12. The van der Waals surface area contributed by atoms with Gasteiger partial charge in [-0.15, -0.1) is 0 Å². The van der Waals surface area contributed by atoms with Gasteiger partial charge in [0.25, 0.3) is 0 Å². The van der Waals surface area contributed by atoms with Gasteiger partial charge in [-0.25, -0.2) is 0 Å². The zero-order chi connectivity index (χ0) is 20.2. The fourth-order valence-corrected chi connectivity index (χ4v) is 3.25. The van der Waals surface area contributed by atoms with Crippen molar-refractivity contribution in [3.63, 3.8) is 0 Å². The summed E-state index contributed by atoms with van der Waals surface area (Å²) in [7, 11) is 0. The molecule has 8 heteroatoms. The Morgan fingerprint density at radius 2 is 1.96 bits per heavy atom. The monoisotopic (exact) mass is 386 g/mol. The third-order valence-electron chi connectivity index (χ3n) is 4.69. The number of alkyl halides is 3. The Labute approximate surface area is 156 Å². The number of carbonyl (C=O) groups excluding carboxylic acids is 2. The van der Waals surface area contributed by atoms with Crippen molar-refractivity contribution in [2.45, 2.75) is 39.0 Å². The number of amides is 2. The normalized spacial score (nSPS) is 19.1. The number of aliphatic hydroxyl groups is 1. The Kier molecular flexibility index (Phi) is 6.86. The lowest BCUT2D eigenvalue weighted by molar-refractivity contribution is -0.139. The van der Waals surface area contributed by atoms with Gasteiger partial charge in [0.15, 0.2) is 0 Å². The molecule has 0 aliphatic carbocycles. The number of halogens is 3. The van der Waals surface area contributed by atoms with Crippen molar-refractivity contribution in [2.24, 2.45) is 11.8 Å². The van der Waals surface area contributed by atoms with E-state index in [4.69, 9.17) is 0 Å². The summed E-state index contributed by atoms with van der Waals surface area (Å²) in [5, 5.41) is 12.7. The van der Waals surface area contributed by atoms with E-state index in [9.17, 15) is 27.9 Å². The van der Waals surface area contributed by atoms with E-state index < -0.39 is 23.8 Å². The van der Waals surface area contributed by atoms with Crippen LogP contribution in [0.25, 0.3) is 0 Å². The van der Waals surface area contributed by atoms with Crippen LogP contribution < -0.4 is 5.32 Å². The highest BCUT2D eigenvalue weighted by Crippen LogP contribution is 2.34. The number of carbonyl (C=O) groups is 2. The number of nitrogens with zero attached hydrogens (tertiary/aromatic N) is 1. The number of hydrogen-bond acceptors (Lipinski definition) is 3. The van der Waals surface area contributed by atoms with Crippen molar-refractivity contribution in [1.29, 1.82) is 0 Å². The summed E-state index contributed by atoms with van der Waals surface area (Å²) in [6, 6.07) is 4.76. The molecule has 1 aromatic carbocycles. The minimum Gasteiger partial charge on any atom is -0.387 e. The van der Waals surface area contributed by atoms with Crippen LogP contribution in [0, 0.1) is 11.8 Å². The second kappa shape index (κ2) is 8.73. The minimum absolute atomic E-state index is 0.0216. The highest BCUT2D eigenvalue weighted by Gasteiger charge is 2.35. The molecular formula is C19H25F3N2O3. The third kappa shape index (κ3) is 5.45. The van der Waals surface area contributed by atoms with E-state index in [1.54, 1.807) is 18.7 Å². The highest BCUT2D eigenvalue weighted by molar-refractivity contribution is 5.82. The number of likely N-dealkylation sites (tertiary alicyclic amines) is 1. The maximum absolute atomic E-state index is 13.0. The molecule has 150 valence electrons. The van der Waals surface area contributed by atoms with Gasteiger partial charge in [-0.2, -0.15) is 13.2 Å². The first-order valence-corrected chi connectivity index (χ1v) is 9.02. The Morgan fingerprint density at radius 1 is 1.30 bits per heavy atom. The maximum atomic E-state index is 13.0. The average Bonchev–Trinajstić information content (AvgIpc) is 2.64. The van der Waals surface area contributed by atoms with Crippen LogP contribution in [-0.4, -0.2) is 41.5 Å². The summed E-state index contributed by atoms with van der Waals surface area (Å²) in [6.07, 6.45) is -4.76. The summed E-state index contributed by atoms with van der Waals surface area (Å²) in [5.41, 5.74) is -1.19. The number of benzene rings is 1. The zero-order valence-corrected chi connectivity index (χ0v) is 15.4. The molecule has 1 aromatic rings. The summed E-state index contributed by atoms with van der Waals surface area (Å²) >= 11 is 0. The Balaban J connectivity index is 1.97. The van der Waals surface area contributed by atoms with Crippen molar-refractivity contribution < 1.29 is 27.9 Å². The fraction of sp³-hybridized carbons (Fsp3) is 0.579. The van der Waals surface area contributed by atoms with Gasteiger partial charge in [0.2, 0.25) is 11.8 Å². The van der Waals surface area contributed by atoms with Crippen LogP contribution in [0.2, 0.25) is 0 Å². The van der Waals surface area contributed by atoms with Crippen molar-refractivity contribution in [3.8, 4) is 0 Å². The second-order valence-corrected chi connectivity index (χ2v) is 7.12. The van der Waals surface area contributed by atoms with Crippen molar-refractivity contribution in [2.75, 3.05) is 19.6 Å². The molecule has 2 atom stereocenters. The van der Waals surface area contributed by atoms with Crippen LogP contribution in [0.5, 0.6) is 0 Å². The largest absolute Gasteiger partial charge is 0.416 e. The number of rotatable bonds is 5. The van der Waals surface area contributed by atoms with Crippen molar-refractivity contribution >= 4 is 11.8 Å². The molecule has 1 aliphatic heterocycles. The lowest BCUT2D eigenvalue weighted by Crippen LogP contribution is -2.47. The molecule has 0 saturated carbocycles. The first-order valence-electron chi connectivity index (χ1n) is 9.02. The maximum Gasteiger partial charge on any atom is 0.416 e. The van der Waals surface area contributed by atoms with E-state index in [1.807, 2.05) is 0 Å². The lowest BCUT2D eigenvalue weighted by atomic mass is 9.95. The molecule has 0 radical (unpaired) electrons. The van der Waals surface area contributed by atoms with E-state index in [2.05, 4.69) is 5.32 Å². The van der Waals surface area contributed by atoms with Crippen LogP contribution >= 0.6 is 0 Å². The quantitative estimate of drug-likeness (QED) is 0.818. The van der Waals surface area contributed by atoms with Gasteiger partial charge in [0, 0.05) is 25.6 Å². The van der Waals surface area contributed by atoms with Crippen molar-refractivity contribution in [3.05, 3.63) is 35.4 Å². The summed E-state index contributed by atoms with van der Waals surface area (Å²) < 4.78 is 39.1. The predicted octanol–water partition coefficient (Wildman–Crippen LogP) is 2.75. The van der Waals surface area contributed by atoms with Gasteiger partial charge >= 0.3 is 6.18 Å². The molecule has 2 unspecified atom stereocenters. The summed E-state index contributed by atoms with van der Waals surface area (Å²) in [5.74, 6) is -0.967. The van der Waals surface area contributed by atoms with E-state index in [0.717, 1.165) is 6.07 Å². The molecule has 5 nitrogen and oxygen atoms in total. The van der Waals surface area contributed by atoms with Gasteiger partial charge in [-0.1, -0.05) is 32.0 Å². The average molecular weight is 386 g/mol. The number of hydrogen-bond donors (Lipinski definition) is 2. The first-order chi connectivity index (χ1) is 12.6. The Morgan fingerprint density at radius 3 is 2.59 bits per heavy atom. The van der Waals surface area contributed by atoms with Gasteiger partial charge < -0.3 is 15.3 Å². The van der Waals surface area contributed by atoms with Gasteiger partial charge in [0.05, 0.1) is 17.6 Å². The highest BCUT2D eigenvalue weighted by atomic mass is 19.4. The van der Waals surface area contributed by atoms with E-state index in [-0.39, 0.29) is 36.4 Å². The molecule has 2 rings (SSSR count). The number of nitrogens with one attached hydrogen (secondary N) is 1. The van der Waals surface area contributed by atoms with E-state index in [1.165, 1.54) is 18.2 Å². The third-order valence-corrected chi connectivity index (χ3v) is 4.69. The number of piperidine rings is 1. The van der Waals surface area contributed by atoms with Crippen LogP contribution in [0.3, 0.4) is 0 Å². The SMILES string of the molecule is CC(C)C(=O)N1CCCC(C(=O)NCC(O)c2ccccc2C(F)(F)F)C1. The van der Waals surface area contributed by atoms with Crippen LogP contribution in [0.4, 0.5) is 13.2 Å². The molecule has 1 fully saturated rings. The predicted molar refractivity (Wildman–Crippen MR) is 93.6 cm³/mol. The molecule has 27 heavy (non-hydrogen) atoms. The molecule has 2 N–H and O–H groups in total. The molecule has 1 saturated heterocycles. The molecule has 1 aliphatic rings. The van der Waals surface area contributed by atoms with E-state index >= 15 is 0 Å². The van der Waals surface area contributed by atoms with Gasteiger partial charge in [-0.05, 0) is 24.5 Å². The Bertz CT molecular complexity index is 676. The molecule has 0 spiro atoms. The molecule has 1 heterocycles. The lowest BCUT2D eigenvalue weighted by Gasteiger charge is -2.33. The molecule has 0 bridgehead atoms. The summed E-state index contributed by atoms with van der Waals surface area (Å²) in [4.78, 5) is 26.1. The molecular weight excluding hydrogens is 361 g/mol.